The molecular weight excluding hydrogens is 466 g/mol. The van der Waals surface area contributed by atoms with Gasteiger partial charge in [-0.1, -0.05) is 108 Å². The number of benzene rings is 2. The Kier molecular flexibility index (Phi) is 21.2. The first kappa shape index (κ1) is 34.9. The Morgan fingerprint density at radius 1 is 0.947 bits per heavy atom. The number of rotatable bonds is 15. The van der Waals surface area contributed by atoms with Crippen LogP contribution in [0, 0.1) is 0 Å². The maximum Gasteiger partial charge on any atom is 0.250 e. The molecule has 4 nitrogen and oxygen atoms in total. The van der Waals surface area contributed by atoms with Gasteiger partial charge in [-0.3, -0.25) is 4.79 Å². The number of fused-ring (bicyclic) bond motifs is 1. The molecule has 0 radical (unpaired) electrons. The number of amides is 1. The van der Waals surface area contributed by atoms with Crippen LogP contribution in [-0.2, 0) is 4.79 Å². The topological polar surface area (TPSA) is 44.4 Å². The van der Waals surface area contributed by atoms with Crippen LogP contribution < -0.4 is 10.6 Å². The van der Waals surface area contributed by atoms with Gasteiger partial charge in [-0.15, -0.1) is 0 Å². The van der Waals surface area contributed by atoms with Crippen molar-refractivity contribution in [3.8, 4) is 0 Å². The van der Waals surface area contributed by atoms with Crippen molar-refractivity contribution in [3.63, 3.8) is 0 Å². The van der Waals surface area contributed by atoms with Crippen LogP contribution in [0.3, 0.4) is 0 Å². The molecule has 0 atom stereocenters. The number of hydrogen-bond donors (Lipinski definition) is 2. The van der Waals surface area contributed by atoms with Gasteiger partial charge in [0.25, 0.3) is 5.91 Å². The fourth-order valence-electron chi connectivity index (χ4n) is 3.75. The molecule has 0 spiro atoms. The zero-order valence-corrected chi connectivity index (χ0v) is 25.1. The highest BCUT2D eigenvalue weighted by atomic mass is 16.1. The molecule has 0 fully saturated rings. The van der Waals surface area contributed by atoms with Crippen LogP contribution in [0.4, 0.5) is 0 Å². The lowest BCUT2D eigenvalue weighted by Crippen LogP contribution is -2.30. The molecular formula is C34H53N3O. The molecule has 2 aromatic rings. The van der Waals surface area contributed by atoms with Crippen LogP contribution in [-0.4, -0.2) is 44.0 Å². The van der Waals surface area contributed by atoms with Crippen LogP contribution in [0.25, 0.3) is 16.5 Å². The molecule has 0 aliphatic carbocycles. The molecule has 0 aliphatic heterocycles. The quantitative estimate of drug-likeness (QED) is 0.142. The number of nitrogens with zero attached hydrogens (tertiary/aromatic N) is 1. The van der Waals surface area contributed by atoms with Gasteiger partial charge >= 0.3 is 0 Å². The van der Waals surface area contributed by atoms with Crippen LogP contribution in [0.5, 0.6) is 0 Å². The molecule has 0 saturated heterocycles. The Morgan fingerprint density at radius 3 is 2.18 bits per heavy atom. The van der Waals surface area contributed by atoms with E-state index in [2.05, 4.69) is 84.6 Å². The molecule has 4 heteroatoms. The van der Waals surface area contributed by atoms with Crippen LogP contribution in [0.1, 0.15) is 72.8 Å². The van der Waals surface area contributed by atoms with E-state index in [9.17, 15) is 4.79 Å². The predicted molar refractivity (Wildman–Crippen MR) is 170 cm³/mol. The Morgan fingerprint density at radius 2 is 1.58 bits per heavy atom. The summed E-state index contributed by atoms with van der Waals surface area (Å²) in [6.07, 6.45) is 13.6. The normalized spacial score (nSPS) is 11.5. The lowest BCUT2D eigenvalue weighted by Gasteiger charge is -2.18. The highest BCUT2D eigenvalue weighted by molar-refractivity contribution is 5.96. The summed E-state index contributed by atoms with van der Waals surface area (Å²) < 4.78 is 0. The molecule has 0 aromatic heterocycles. The predicted octanol–water partition coefficient (Wildman–Crippen LogP) is 8.14. The van der Waals surface area contributed by atoms with Gasteiger partial charge in [0.15, 0.2) is 0 Å². The van der Waals surface area contributed by atoms with E-state index in [4.69, 9.17) is 0 Å². The monoisotopic (exact) mass is 519 g/mol. The number of carbonyl (C=O) groups is 1. The van der Waals surface area contributed by atoms with E-state index in [-0.39, 0.29) is 5.91 Å². The van der Waals surface area contributed by atoms with Crippen LogP contribution in [0.2, 0.25) is 0 Å². The first-order valence-electron chi connectivity index (χ1n) is 14.4. The molecule has 2 N–H and O–H groups in total. The van der Waals surface area contributed by atoms with Crippen molar-refractivity contribution in [3.05, 3.63) is 90.6 Å². The second-order valence-electron chi connectivity index (χ2n) is 8.50. The third-order valence-corrected chi connectivity index (χ3v) is 5.72. The van der Waals surface area contributed by atoms with Crippen molar-refractivity contribution in [1.29, 1.82) is 0 Å². The fraction of sp³-hybridized carbons (Fsp3) is 0.441. The smallest absolute Gasteiger partial charge is 0.250 e. The van der Waals surface area contributed by atoms with E-state index < -0.39 is 0 Å². The highest BCUT2D eigenvalue weighted by Crippen LogP contribution is 2.20. The van der Waals surface area contributed by atoms with Gasteiger partial charge in [0.2, 0.25) is 0 Å². The molecule has 0 unspecified atom stereocenters. The summed E-state index contributed by atoms with van der Waals surface area (Å²) in [4.78, 5) is 14.5. The molecule has 2 aromatic carbocycles. The molecule has 0 heterocycles. The molecule has 0 bridgehead atoms. The van der Waals surface area contributed by atoms with Crippen molar-refractivity contribution in [1.82, 2.24) is 15.5 Å². The number of allylic oxidation sites excluding steroid dienone is 4. The minimum Gasteiger partial charge on any atom is -0.385 e. The van der Waals surface area contributed by atoms with Crippen molar-refractivity contribution in [2.24, 2.45) is 0 Å². The van der Waals surface area contributed by atoms with Crippen LogP contribution in [0.15, 0.2) is 85.0 Å². The SMILES string of the molecule is C=C/C=C\C(=C/C)C(=O)NCCCN(C)CCCN/C(=C/CCC)c1ccc2ccccc2c1.CC.CC. The molecule has 0 saturated carbocycles. The number of hydrogen-bond acceptors (Lipinski definition) is 3. The van der Waals surface area contributed by atoms with Crippen molar-refractivity contribution >= 4 is 22.4 Å². The molecule has 1 amide bonds. The summed E-state index contributed by atoms with van der Waals surface area (Å²) in [5.74, 6) is -0.0347. The summed E-state index contributed by atoms with van der Waals surface area (Å²) in [6, 6.07) is 15.2. The minimum absolute atomic E-state index is 0.0347. The summed E-state index contributed by atoms with van der Waals surface area (Å²) in [5, 5.41) is 9.20. The number of unbranched alkanes of at least 4 members (excludes halogenated alkanes) is 1. The first-order chi connectivity index (χ1) is 18.6. The van der Waals surface area contributed by atoms with Gasteiger partial charge in [0.1, 0.15) is 0 Å². The van der Waals surface area contributed by atoms with E-state index in [1.807, 2.05) is 40.7 Å². The largest absolute Gasteiger partial charge is 0.385 e. The summed E-state index contributed by atoms with van der Waals surface area (Å²) in [7, 11) is 2.14. The molecule has 0 aliphatic rings. The molecule has 38 heavy (non-hydrogen) atoms. The first-order valence-corrected chi connectivity index (χ1v) is 14.4. The summed E-state index contributed by atoms with van der Waals surface area (Å²) in [6.45, 7) is 19.3. The summed E-state index contributed by atoms with van der Waals surface area (Å²) >= 11 is 0. The van der Waals surface area contributed by atoms with Crippen molar-refractivity contribution in [2.75, 3.05) is 33.2 Å². The van der Waals surface area contributed by atoms with Gasteiger partial charge < -0.3 is 15.5 Å². The third-order valence-electron chi connectivity index (χ3n) is 5.72. The third kappa shape index (κ3) is 14.0. The van der Waals surface area contributed by atoms with Gasteiger partial charge in [-0.25, -0.2) is 0 Å². The average molecular weight is 520 g/mol. The van der Waals surface area contributed by atoms with Gasteiger partial charge in [-0.05, 0) is 74.8 Å². The Hall–Kier alpha value is -3.11. The second-order valence-corrected chi connectivity index (χ2v) is 8.50. The lowest BCUT2D eigenvalue weighted by molar-refractivity contribution is -0.117. The fourth-order valence-corrected chi connectivity index (χ4v) is 3.75. The zero-order chi connectivity index (χ0) is 28.6. The molecule has 2 rings (SSSR count). The average Bonchev–Trinajstić information content (AvgIpc) is 2.97. The summed E-state index contributed by atoms with van der Waals surface area (Å²) in [5.41, 5.74) is 3.14. The van der Waals surface area contributed by atoms with E-state index >= 15 is 0 Å². The van der Waals surface area contributed by atoms with E-state index in [1.165, 1.54) is 22.0 Å². The van der Waals surface area contributed by atoms with E-state index in [0.29, 0.717) is 12.1 Å². The minimum atomic E-state index is -0.0347. The second kappa shape index (κ2) is 23.0. The maximum absolute atomic E-state index is 12.2. The van der Waals surface area contributed by atoms with Crippen LogP contribution >= 0.6 is 0 Å². The lowest BCUT2D eigenvalue weighted by atomic mass is 10.0. The standard InChI is InChI=1S/C30H41N3O.2C2H6/c1-5-8-14-25(7-3)30(34)32-21-13-23-33(4)22-12-20-31-29(17-9-6-2)28-19-18-26-15-10-11-16-27(26)24-28;2*1-2/h5,7-8,10-11,14-19,24,31H,1,6,9,12-13,20-23H2,2-4H3,(H,32,34);2*1-2H3/b14-8-,25-7+,29-17+;;. The highest BCUT2D eigenvalue weighted by Gasteiger charge is 2.06. The number of nitrogens with one attached hydrogen (secondary N) is 2. The van der Waals surface area contributed by atoms with Gasteiger partial charge in [0, 0.05) is 24.4 Å². The van der Waals surface area contributed by atoms with Crippen molar-refractivity contribution in [2.45, 2.75) is 67.2 Å². The molecule has 210 valence electrons. The van der Waals surface area contributed by atoms with Gasteiger partial charge in [0.05, 0.1) is 0 Å². The Labute approximate surface area is 233 Å². The van der Waals surface area contributed by atoms with E-state index in [1.54, 1.807) is 18.2 Å². The van der Waals surface area contributed by atoms with E-state index in [0.717, 1.165) is 45.3 Å². The van der Waals surface area contributed by atoms with Crippen molar-refractivity contribution < 1.29 is 4.79 Å². The Balaban J connectivity index is 0.00000326. The number of carbonyl (C=O) groups excluding carboxylic acids is 1. The van der Waals surface area contributed by atoms with Gasteiger partial charge in [-0.2, -0.15) is 0 Å². The maximum atomic E-state index is 12.2. The zero-order valence-electron chi connectivity index (χ0n) is 25.1. The Bertz CT molecular complexity index is 1000.